The first-order valence-corrected chi connectivity index (χ1v) is 9.79. The highest BCUT2D eigenvalue weighted by molar-refractivity contribution is 5.79. The zero-order chi connectivity index (χ0) is 18.6. The number of aryl methyl sites for hydroxylation is 1. The lowest BCUT2D eigenvalue weighted by atomic mass is 10.1. The Labute approximate surface area is 157 Å². The lowest BCUT2D eigenvalue weighted by Gasteiger charge is -2.26. The molecule has 3 N–H and O–H groups in total. The molecule has 0 aliphatic carbocycles. The van der Waals surface area contributed by atoms with Crippen LogP contribution in [0.25, 0.3) is 0 Å². The highest BCUT2D eigenvalue weighted by Gasteiger charge is 2.10. The van der Waals surface area contributed by atoms with Crippen LogP contribution in [0, 0.1) is 6.92 Å². The molecule has 146 valence electrons. The van der Waals surface area contributed by atoms with Crippen molar-refractivity contribution in [2.75, 3.05) is 45.9 Å². The van der Waals surface area contributed by atoms with E-state index in [1.165, 1.54) is 32.4 Å². The topological polar surface area (TPSA) is 69.1 Å². The van der Waals surface area contributed by atoms with Crippen molar-refractivity contribution in [1.29, 1.82) is 0 Å². The standard InChI is InChI=1S/C20H34N4O2/c1-3-21-20(22-10-13-24-11-5-4-6-12-24)23-15-18(25)16-26-19-9-7-8-17(2)14-19/h7-9,14,18,25H,3-6,10-13,15-16H2,1-2H3,(H2,21,22,23). The Balaban J connectivity index is 1.70. The van der Waals surface area contributed by atoms with E-state index in [1.807, 2.05) is 38.1 Å². The van der Waals surface area contributed by atoms with Crippen LogP contribution in [0.1, 0.15) is 31.7 Å². The summed E-state index contributed by atoms with van der Waals surface area (Å²) in [5.74, 6) is 1.53. The van der Waals surface area contributed by atoms with Gasteiger partial charge in [0, 0.05) is 19.6 Å². The average molecular weight is 363 g/mol. The maximum absolute atomic E-state index is 10.1. The fourth-order valence-electron chi connectivity index (χ4n) is 3.00. The highest BCUT2D eigenvalue weighted by atomic mass is 16.5. The molecule has 1 heterocycles. The molecule has 6 heteroatoms. The molecule has 1 aliphatic heterocycles. The summed E-state index contributed by atoms with van der Waals surface area (Å²) < 4.78 is 5.63. The first kappa shape index (κ1) is 20.5. The third-order valence-corrected chi connectivity index (χ3v) is 4.41. The molecule has 1 saturated heterocycles. The number of aliphatic hydroxyl groups excluding tert-OH is 1. The Hall–Kier alpha value is -1.79. The number of aliphatic hydroxyl groups is 1. The molecule has 0 aromatic heterocycles. The Bertz CT molecular complexity index is 544. The Morgan fingerprint density at radius 1 is 1.27 bits per heavy atom. The van der Waals surface area contributed by atoms with Gasteiger partial charge in [-0.2, -0.15) is 0 Å². The van der Waals surface area contributed by atoms with E-state index in [0.717, 1.165) is 36.9 Å². The van der Waals surface area contributed by atoms with Gasteiger partial charge in [0.05, 0.1) is 6.54 Å². The number of nitrogens with zero attached hydrogens (tertiary/aromatic N) is 2. The third-order valence-electron chi connectivity index (χ3n) is 4.41. The van der Waals surface area contributed by atoms with Crippen molar-refractivity contribution in [1.82, 2.24) is 15.5 Å². The summed E-state index contributed by atoms with van der Waals surface area (Å²) in [7, 11) is 0. The van der Waals surface area contributed by atoms with Crippen LogP contribution in [-0.2, 0) is 0 Å². The first-order chi connectivity index (χ1) is 12.7. The molecule has 1 fully saturated rings. The SMILES string of the molecule is CCNC(=NCC(O)COc1cccc(C)c1)NCCN1CCCCC1. The summed E-state index contributed by atoms with van der Waals surface area (Å²) in [5, 5.41) is 16.7. The van der Waals surface area contributed by atoms with Gasteiger partial charge in [-0.05, 0) is 57.5 Å². The van der Waals surface area contributed by atoms with Crippen molar-refractivity contribution in [3.63, 3.8) is 0 Å². The third kappa shape index (κ3) is 8.06. The minimum atomic E-state index is -0.631. The van der Waals surface area contributed by atoms with Crippen molar-refractivity contribution in [3.8, 4) is 5.75 Å². The molecule has 1 atom stereocenters. The van der Waals surface area contributed by atoms with Gasteiger partial charge in [-0.1, -0.05) is 18.6 Å². The maximum Gasteiger partial charge on any atom is 0.191 e. The molecular formula is C20H34N4O2. The van der Waals surface area contributed by atoms with Crippen molar-refractivity contribution < 1.29 is 9.84 Å². The number of hydrogen-bond donors (Lipinski definition) is 3. The largest absolute Gasteiger partial charge is 0.491 e. The number of nitrogens with one attached hydrogen (secondary N) is 2. The van der Waals surface area contributed by atoms with Gasteiger partial charge in [0.25, 0.3) is 0 Å². The van der Waals surface area contributed by atoms with Gasteiger partial charge in [-0.15, -0.1) is 0 Å². The Morgan fingerprint density at radius 2 is 2.08 bits per heavy atom. The van der Waals surface area contributed by atoms with E-state index in [-0.39, 0.29) is 6.61 Å². The quantitative estimate of drug-likeness (QED) is 0.461. The van der Waals surface area contributed by atoms with E-state index in [0.29, 0.717) is 6.54 Å². The lowest BCUT2D eigenvalue weighted by molar-refractivity contribution is 0.114. The van der Waals surface area contributed by atoms with Gasteiger partial charge in [0.1, 0.15) is 18.5 Å². The number of piperidine rings is 1. The molecule has 1 aromatic rings. The van der Waals surface area contributed by atoms with Crippen LogP contribution in [0.3, 0.4) is 0 Å². The normalized spacial score (nSPS) is 17.0. The van der Waals surface area contributed by atoms with Crippen LogP contribution in [0.5, 0.6) is 5.75 Å². The van der Waals surface area contributed by atoms with E-state index in [2.05, 4.69) is 20.5 Å². The average Bonchev–Trinajstić information content (AvgIpc) is 2.65. The van der Waals surface area contributed by atoms with Crippen LogP contribution in [-0.4, -0.2) is 67.9 Å². The van der Waals surface area contributed by atoms with Gasteiger partial charge in [0.15, 0.2) is 5.96 Å². The molecule has 1 unspecified atom stereocenters. The minimum Gasteiger partial charge on any atom is -0.491 e. The van der Waals surface area contributed by atoms with Gasteiger partial charge < -0.3 is 25.4 Å². The fraction of sp³-hybridized carbons (Fsp3) is 0.650. The second-order valence-corrected chi connectivity index (χ2v) is 6.83. The lowest BCUT2D eigenvalue weighted by Crippen LogP contribution is -2.43. The summed E-state index contributed by atoms with van der Waals surface area (Å²) in [6, 6.07) is 7.83. The molecule has 0 saturated carbocycles. The highest BCUT2D eigenvalue weighted by Crippen LogP contribution is 2.12. The van der Waals surface area contributed by atoms with Gasteiger partial charge in [0.2, 0.25) is 0 Å². The van der Waals surface area contributed by atoms with Crippen molar-refractivity contribution in [3.05, 3.63) is 29.8 Å². The van der Waals surface area contributed by atoms with Gasteiger partial charge >= 0.3 is 0 Å². The molecule has 0 radical (unpaired) electrons. The van der Waals surface area contributed by atoms with Crippen LogP contribution < -0.4 is 15.4 Å². The second-order valence-electron chi connectivity index (χ2n) is 6.83. The zero-order valence-corrected chi connectivity index (χ0v) is 16.2. The van der Waals surface area contributed by atoms with Crippen molar-refractivity contribution in [2.45, 2.75) is 39.2 Å². The van der Waals surface area contributed by atoms with Crippen molar-refractivity contribution >= 4 is 5.96 Å². The summed E-state index contributed by atoms with van der Waals surface area (Å²) in [6.07, 6.45) is 3.34. The predicted octanol–water partition coefficient (Wildman–Crippen LogP) is 1.78. The summed E-state index contributed by atoms with van der Waals surface area (Å²) in [4.78, 5) is 6.96. The summed E-state index contributed by atoms with van der Waals surface area (Å²) in [5.41, 5.74) is 1.14. The molecule has 1 aliphatic rings. The number of hydrogen-bond acceptors (Lipinski definition) is 4. The van der Waals surface area contributed by atoms with Crippen LogP contribution >= 0.6 is 0 Å². The van der Waals surface area contributed by atoms with E-state index in [1.54, 1.807) is 0 Å². The summed E-state index contributed by atoms with van der Waals surface area (Å²) in [6.45, 7) is 9.70. The molecule has 0 amide bonds. The van der Waals surface area contributed by atoms with E-state index < -0.39 is 6.10 Å². The maximum atomic E-state index is 10.1. The number of ether oxygens (including phenoxy) is 1. The van der Waals surface area contributed by atoms with E-state index >= 15 is 0 Å². The molecular weight excluding hydrogens is 328 g/mol. The molecule has 0 bridgehead atoms. The number of guanidine groups is 1. The monoisotopic (exact) mass is 362 g/mol. The minimum absolute atomic E-state index is 0.236. The van der Waals surface area contributed by atoms with E-state index in [4.69, 9.17) is 4.74 Å². The van der Waals surface area contributed by atoms with Crippen molar-refractivity contribution in [2.24, 2.45) is 4.99 Å². The molecule has 0 spiro atoms. The fourth-order valence-corrected chi connectivity index (χ4v) is 3.00. The Morgan fingerprint density at radius 3 is 2.81 bits per heavy atom. The smallest absolute Gasteiger partial charge is 0.191 e. The molecule has 1 aromatic carbocycles. The number of aliphatic imine (C=N–C) groups is 1. The van der Waals surface area contributed by atoms with Crippen LogP contribution in [0.15, 0.2) is 29.3 Å². The summed E-state index contributed by atoms with van der Waals surface area (Å²) >= 11 is 0. The molecule has 26 heavy (non-hydrogen) atoms. The molecule has 6 nitrogen and oxygen atoms in total. The Kier molecular flexibility index (Phi) is 9.28. The number of rotatable bonds is 9. The first-order valence-electron chi connectivity index (χ1n) is 9.79. The number of benzene rings is 1. The number of likely N-dealkylation sites (tertiary alicyclic amines) is 1. The van der Waals surface area contributed by atoms with Crippen LogP contribution in [0.4, 0.5) is 0 Å². The second kappa shape index (κ2) is 11.8. The molecule has 2 rings (SSSR count). The van der Waals surface area contributed by atoms with Crippen LogP contribution in [0.2, 0.25) is 0 Å². The van der Waals surface area contributed by atoms with Gasteiger partial charge in [-0.25, -0.2) is 0 Å². The predicted molar refractivity (Wildman–Crippen MR) is 107 cm³/mol. The zero-order valence-electron chi connectivity index (χ0n) is 16.2. The van der Waals surface area contributed by atoms with Gasteiger partial charge in [-0.3, -0.25) is 4.99 Å². The van der Waals surface area contributed by atoms with E-state index in [9.17, 15) is 5.11 Å².